The summed E-state index contributed by atoms with van der Waals surface area (Å²) in [5.74, 6) is 0.241. The van der Waals surface area contributed by atoms with Gasteiger partial charge < -0.3 is 10.1 Å². The van der Waals surface area contributed by atoms with Crippen LogP contribution in [0.1, 0.15) is 23.6 Å². The first kappa shape index (κ1) is 22.6. The van der Waals surface area contributed by atoms with Crippen LogP contribution in [0.4, 0.5) is 5.69 Å². The highest BCUT2D eigenvalue weighted by atomic mass is 79.9. The van der Waals surface area contributed by atoms with Crippen LogP contribution in [0.2, 0.25) is 5.02 Å². The van der Waals surface area contributed by atoms with Crippen LogP contribution in [-0.2, 0) is 11.2 Å². The maximum Gasteiger partial charge on any atom is 0.266 e. The molecule has 0 fully saturated rings. The van der Waals surface area contributed by atoms with Gasteiger partial charge in [-0.1, -0.05) is 51.8 Å². The number of amides is 1. The Hall–Kier alpha value is -3.07. The number of ether oxygens (including phenoxy) is 1. The van der Waals surface area contributed by atoms with Crippen LogP contribution in [-0.4, -0.2) is 12.5 Å². The highest BCUT2D eigenvalue weighted by Gasteiger charge is 2.12. The molecule has 1 N–H and O–H groups in total. The van der Waals surface area contributed by atoms with Gasteiger partial charge in [0.25, 0.3) is 5.91 Å². The van der Waals surface area contributed by atoms with Crippen LogP contribution in [0.25, 0.3) is 6.08 Å². The van der Waals surface area contributed by atoms with Crippen molar-refractivity contribution in [2.45, 2.75) is 13.3 Å². The van der Waals surface area contributed by atoms with Gasteiger partial charge in [0.1, 0.15) is 17.4 Å². The van der Waals surface area contributed by atoms with E-state index in [2.05, 4.69) is 21.2 Å². The van der Waals surface area contributed by atoms with Gasteiger partial charge in [-0.2, -0.15) is 5.26 Å². The lowest BCUT2D eigenvalue weighted by molar-refractivity contribution is -0.112. The summed E-state index contributed by atoms with van der Waals surface area (Å²) in [6.07, 6.45) is 2.18. The van der Waals surface area contributed by atoms with E-state index >= 15 is 0 Å². The molecular weight excluding hydrogens is 476 g/mol. The number of carbonyl (C=O) groups excluding carboxylic acids is 1. The molecule has 3 rings (SSSR count). The molecule has 0 aliphatic carbocycles. The molecule has 0 atom stereocenters. The zero-order valence-electron chi connectivity index (χ0n) is 16.9. The van der Waals surface area contributed by atoms with E-state index in [4.69, 9.17) is 16.3 Å². The van der Waals surface area contributed by atoms with E-state index in [1.807, 2.05) is 55.5 Å². The third kappa shape index (κ3) is 6.21. The first-order valence-corrected chi connectivity index (χ1v) is 10.8. The molecule has 31 heavy (non-hydrogen) atoms. The summed E-state index contributed by atoms with van der Waals surface area (Å²) in [7, 11) is 0. The number of hydrogen-bond acceptors (Lipinski definition) is 3. The third-order valence-corrected chi connectivity index (χ3v) is 5.40. The summed E-state index contributed by atoms with van der Waals surface area (Å²) >= 11 is 9.78. The predicted molar refractivity (Wildman–Crippen MR) is 128 cm³/mol. The van der Waals surface area contributed by atoms with E-state index in [0.29, 0.717) is 23.7 Å². The molecule has 0 spiro atoms. The Labute approximate surface area is 195 Å². The maximum absolute atomic E-state index is 12.7. The minimum absolute atomic E-state index is 0.00685. The van der Waals surface area contributed by atoms with E-state index in [1.54, 1.807) is 30.3 Å². The Morgan fingerprint density at radius 2 is 1.87 bits per heavy atom. The van der Waals surface area contributed by atoms with Crippen molar-refractivity contribution in [1.82, 2.24) is 0 Å². The molecule has 3 aromatic rings. The molecule has 0 saturated heterocycles. The molecule has 156 valence electrons. The quantitative estimate of drug-likeness (QED) is 0.295. The minimum atomic E-state index is -0.477. The average Bonchev–Trinajstić information content (AvgIpc) is 2.76. The van der Waals surface area contributed by atoms with E-state index in [0.717, 1.165) is 26.9 Å². The smallest absolute Gasteiger partial charge is 0.266 e. The second-order valence-electron chi connectivity index (χ2n) is 6.69. The summed E-state index contributed by atoms with van der Waals surface area (Å²) in [6.45, 7) is 2.47. The molecular formula is C25H20BrClN2O2. The number of rotatable bonds is 7. The molecule has 0 bridgehead atoms. The Bertz CT molecular complexity index is 1150. The fourth-order valence-electron chi connectivity index (χ4n) is 3.01. The van der Waals surface area contributed by atoms with E-state index in [1.165, 1.54) is 0 Å². The van der Waals surface area contributed by atoms with Gasteiger partial charge in [-0.3, -0.25) is 4.79 Å². The number of carbonyl (C=O) groups is 1. The first-order chi connectivity index (χ1) is 15.0. The van der Waals surface area contributed by atoms with E-state index in [-0.39, 0.29) is 5.57 Å². The summed E-state index contributed by atoms with van der Waals surface area (Å²) in [6, 6.07) is 22.4. The van der Waals surface area contributed by atoms with Crippen LogP contribution in [0.5, 0.6) is 5.75 Å². The van der Waals surface area contributed by atoms with Gasteiger partial charge in [0.2, 0.25) is 0 Å². The number of nitriles is 1. The predicted octanol–water partition coefficient (Wildman–Crippen LogP) is 6.64. The highest BCUT2D eigenvalue weighted by molar-refractivity contribution is 9.10. The molecule has 1 amide bonds. The molecule has 0 radical (unpaired) electrons. The van der Waals surface area contributed by atoms with Gasteiger partial charge in [0, 0.05) is 15.2 Å². The summed E-state index contributed by atoms with van der Waals surface area (Å²) in [5.41, 5.74) is 3.29. The van der Waals surface area contributed by atoms with Crippen molar-refractivity contribution in [1.29, 1.82) is 5.26 Å². The zero-order valence-corrected chi connectivity index (χ0v) is 19.2. The van der Waals surface area contributed by atoms with E-state index in [9.17, 15) is 10.1 Å². The van der Waals surface area contributed by atoms with Crippen LogP contribution >= 0.6 is 27.5 Å². The van der Waals surface area contributed by atoms with Crippen molar-refractivity contribution in [3.63, 3.8) is 0 Å². The largest absolute Gasteiger partial charge is 0.494 e. The summed E-state index contributed by atoms with van der Waals surface area (Å²) in [4.78, 5) is 12.7. The lowest BCUT2D eigenvalue weighted by atomic mass is 9.98. The molecule has 0 aliphatic rings. The first-order valence-electron chi connectivity index (χ1n) is 9.68. The standard InChI is InChI=1S/C25H20BrClN2O2/c1-2-31-23-11-9-22(10-12-23)29-25(30)20(16-28)14-19-15-21(26)8-7-17(19)13-18-5-3-4-6-24(18)27/h3-12,14-15H,2,13H2,1H3,(H,29,30)/b20-14+. The second kappa shape index (κ2) is 10.8. The topological polar surface area (TPSA) is 62.1 Å². The lowest BCUT2D eigenvalue weighted by Gasteiger charge is -2.10. The average molecular weight is 496 g/mol. The Morgan fingerprint density at radius 1 is 1.13 bits per heavy atom. The molecule has 0 saturated carbocycles. The summed E-state index contributed by atoms with van der Waals surface area (Å²) < 4.78 is 6.26. The van der Waals surface area contributed by atoms with Crippen LogP contribution < -0.4 is 10.1 Å². The third-order valence-electron chi connectivity index (χ3n) is 4.53. The maximum atomic E-state index is 12.7. The van der Waals surface area contributed by atoms with Gasteiger partial charge >= 0.3 is 0 Å². The van der Waals surface area contributed by atoms with Gasteiger partial charge in [-0.15, -0.1) is 0 Å². The van der Waals surface area contributed by atoms with Crippen LogP contribution in [0.15, 0.2) is 76.8 Å². The number of benzene rings is 3. The number of halogens is 2. The van der Waals surface area contributed by atoms with Crippen molar-refractivity contribution in [3.8, 4) is 11.8 Å². The van der Waals surface area contributed by atoms with Crippen LogP contribution in [0.3, 0.4) is 0 Å². The molecule has 6 heteroatoms. The number of hydrogen-bond donors (Lipinski definition) is 1. The van der Waals surface area contributed by atoms with Gasteiger partial charge in [-0.25, -0.2) is 0 Å². The molecule has 0 aromatic heterocycles. The SMILES string of the molecule is CCOc1ccc(NC(=O)/C(C#N)=C/c2cc(Br)ccc2Cc2ccccc2Cl)cc1. The molecule has 0 heterocycles. The number of nitrogens with one attached hydrogen (secondary N) is 1. The monoisotopic (exact) mass is 494 g/mol. The normalized spacial score (nSPS) is 11.0. The Kier molecular flexibility index (Phi) is 7.88. The van der Waals surface area contributed by atoms with Gasteiger partial charge in [0.05, 0.1) is 6.61 Å². The fraction of sp³-hybridized carbons (Fsp3) is 0.120. The van der Waals surface area contributed by atoms with Crippen LogP contribution in [0, 0.1) is 11.3 Å². The number of anilines is 1. The van der Waals surface area contributed by atoms with Crippen molar-refractivity contribution in [3.05, 3.63) is 98.5 Å². The molecule has 0 unspecified atom stereocenters. The molecule has 3 aromatic carbocycles. The van der Waals surface area contributed by atoms with Gasteiger partial charge in [-0.05, 0) is 78.6 Å². The molecule has 4 nitrogen and oxygen atoms in total. The number of nitrogens with zero attached hydrogens (tertiary/aromatic N) is 1. The fourth-order valence-corrected chi connectivity index (χ4v) is 3.59. The zero-order chi connectivity index (χ0) is 22.2. The van der Waals surface area contributed by atoms with Crippen molar-refractivity contribution >= 4 is 45.2 Å². The molecule has 0 aliphatic heterocycles. The van der Waals surface area contributed by atoms with E-state index < -0.39 is 5.91 Å². The summed E-state index contributed by atoms with van der Waals surface area (Å²) in [5, 5.41) is 13.0. The Balaban J connectivity index is 1.86. The minimum Gasteiger partial charge on any atom is -0.494 e. The van der Waals surface area contributed by atoms with Crippen molar-refractivity contribution in [2.24, 2.45) is 0 Å². The van der Waals surface area contributed by atoms with Crippen molar-refractivity contribution in [2.75, 3.05) is 11.9 Å². The van der Waals surface area contributed by atoms with Crippen molar-refractivity contribution < 1.29 is 9.53 Å². The lowest BCUT2D eigenvalue weighted by Crippen LogP contribution is -2.13. The highest BCUT2D eigenvalue weighted by Crippen LogP contribution is 2.25. The Morgan fingerprint density at radius 3 is 2.55 bits per heavy atom. The van der Waals surface area contributed by atoms with Gasteiger partial charge in [0.15, 0.2) is 0 Å². The second-order valence-corrected chi connectivity index (χ2v) is 8.02.